The molecule has 0 aromatic heterocycles. The Labute approximate surface area is 204 Å². The van der Waals surface area contributed by atoms with Crippen LogP contribution in [-0.2, 0) is 14.6 Å². The fraction of sp³-hybridized carbons (Fsp3) is 0.480. The third-order valence-corrected chi connectivity index (χ3v) is 9.26. The number of hydrogen-bond acceptors (Lipinski definition) is 5. The molecule has 1 aliphatic rings. The molecule has 2 aromatic carbocycles. The Balaban J connectivity index is 1.85. The van der Waals surface area contributed by atoms with Gasteiger partial charge in [0.05, 0.1) is 22.2 Å². The average molecular weight is 513 g/mol. The number of halogens is 3. The summed E-state index contributed by atoms with van der Waals surface area (Å²) >= 11 is 0. The number of rotatable bonds is 9. The fourth-order valence-corrected chi connectivity index (χ4v) is 5.40. The van der Waals surface area contributed by atoms with E-state index < -0.39 is 38.8 Å². The summed E-state index contributed by atoms with van der Waals surface area (Å²) in [6.07, 6.45) is -5.47. The monoisotopic (exact) mass is 512 g/mol. The van der Waals surface area contributed by atoms with Gasteiger partial charge < -0.3 is 15.0 Å². The van der Waals surface area contributed by atoms with Gasteiger partial charge in [0.2, 0.25) is 0 Å². The number of benzene rings is 2. The first-order valence-electron chi connectivity index (χ1n) is 11.5. The first kappa shape index (κ1) is 26.8. The molecule has 0 aliphatic carbocycles. The van der Waals surface area contributed by atoms with Crippen LogP contribution in [0.15, 0.2) is 54.6 Å². The van der Waals surface area contributed by atoms with E-state index in [2.05, 4.69) is 5.32 Å². The van der Waals surface area contributed by atoms with E-state index in [1.54, 1.807) is 57.2 Å². The highest BCUT2D eigenvalue weighted by Gasteiger charge is 2.44. The van der Waals surface area contributed by atoms with Gasteiger partial charge in [0.25, 0.3) is 0 Å². The Bertz CT molecular complexity index is 1120. The summed E-state index contributed by atoms with van der Waals surface area (Å²) in [6.45, 7) is 4.26. The number of nitrogens with one attached hydrogen (secondary N) is 1. The molecular formula is C25H31F3N2O4S. The highest BCUT2D eigenvalue weighted by molar-refractivity contribution is 7.92. The molecule has 0 bridgehead atoms. The number of anilines is 1. The van der Waals surface area contributed by atoms with E-state index in [4.69, 9.17) is 4.74 Å². The van der Waals surface area contributed by atoms with Crippen molar-refractivity contribution in [2.75, 3.05) is 24.2 Å². The molecule has 1 heterocycles. The van der Waals surface area contributed by atoms with Crippen LogP contribution in [0.25, 0.3) is 0 Å². The molecule has 3 rings (SSSR count). The van der Waals surface area contributed by atoms with Gasteiger partial charge in [0, 0.05) is 13.1 Å². The van der Waals surface area contributed by atoms with Crippen molar-refractivity contribution in [3.8, 4) is 5.75 Å². The van der Waals surface area contributed by atoms with Crippen molar-refractivity contribution < 1.29 is 31.1 Å². The van der Waals surface area contributed by atoms with Crippen LogP contribution < -0.4 is 10.1 Å². The van der Waals surface area contributed by atoms with Gasteiger partial charge in [0.15, 0.2) is 9.84 Å². The van der Waals surface area contributed by atoms with Gasteiger partial charge in [-0.3, -0.25) is 4.79 Å². The lowest BCUT2D eigenvalue weighted by molar-refractivity contribution is -0.185. The number of ether oxygens (including phenoxy) is 1. The summed E-state index contributed by atoms with van der Waals surface area (Å²) in [5.41, 5.74) is 1.35. The topological polar surface area (TPSA) is 75.7 Å². The molecule has 1 aliphatic heterocycles. The van der Waals surface area contributed by atoms with E-state index >= 15 is 0 Å². The first-order chi connectivity index (χ1) is 16.4. The molecule has 10 heteroatoms. The third-order valence-electron chi connectivity index (χ3n) is 6.46. The normalized spacial score (nSPS) is 18.2. The van der Waals surface area contributed by atoms with Crippen LogP contribution in [0.4, 0.5) is 18.9 Å². The number of fused-ring (bicyclic) bond motifs is 1. The number of amides is 1. The minimum absolute atomic E-state index is 0.103. The average Bonchev–Trinajstić information content (AvgIpc) is 2.82. The van der Waals surface area contributed by atoms with Crippen LogP contribution >= 0.6 is 0 Å². The molecule has 0 fully saturated rings. The zero-order chi connectivity index (χ0) is 25.9. The number of alkyl halides is 3. The standard InChI is InChI=1S/C25H31F3N2O4S/c1-4-24(2,3)35(32,33)16-10-15-30(23(31)25(26,27)28)17-20-22(18-11-6-5-7-12-18)34-21-14-9-8-13-19(21)29-20/h5-9,11-14,20,22,29H,4,10,15-17H2,1-3H3. The molecule has 0 radical (unpaired) electrons. The van der Waals surface area contributed by atoms with Crippen molar-refractivity contribution >= 4 is 21.4 Å². The summed E-state index contributed by atoms with van der Waals surface area (Å²) in [5, 5.41) is 3.22. The van der Waals surface area contributed by atoms with Gasteiger partial charge in [-0.05, 0) is 44.4 Å². The van der Waals surface area contributed by atoms with Crippen molar-refractivity contribution in [2.45, 2.75) is 56.7 Å². The summed E-state index contributed by atoms with van der Waals surface area (Å²) in [4.78, 5) is 13.0. The molecule has 1 N–H and O–H groups in total. The van der Waals surface area contributed by atoms with E-state index in [1.807, 2.05) is 18.2 Å². The molecular weight excluding hydrogens is 481 g/mol. The number of carbonyl (C=O) groups is 1. The van der Waals surface area contributed by atoms with Crippen LogP contribution in [0.2, 0.25) is 0 Å². The lowest BCUT2D eigenvalue weighted by Crippen LogP contribution is -2.50. The second-order valence-corrected chi connectivity index (χ2v) is 12.0. The predicted octanol–water partition coefficient (Wildman–Crippen LogP) is 4.99. The Hall–Kier alpha value is -2.75. The van der Waals surface area contributed by atoms with Crippen molar-refractivity contribution in [3.05, 3.63) is 60.2 Å². The minimum Gasteiger partial charge on any atom is -0.481 e. The van der Waals surface area contributed by atoms with Gasteiger partial charge in [-0.15, -0.1) is 0 Å². The van der Waals surface area contributed by atoms with Gasteiger partial charge in [-0.2, -0.15) is 13.2 Å². The highest BCUT2D eigenvalue weighted by atomic mass is 32.2. The number of hydrogen-bond donors (Lipinski definition) is 1. The largest absolute Gasteiger partial charge is 0.481 e. The maximum atomic E-state index is 13.5. The minimum atomic E-state index is -5.09. The van der Waals surface area contributed by atoms with Gasteiger partial charge in [-0.25, -0.2) is 8.42 Å². The summed E-state index contributed by atoms with van der Waals surface area (Å²) in [7, 11) is -3.55. The van der Waals surface area contributed by atoms with Crippen molar-refractivity contribution in [1.29, 1.82) is 0 Å². The lowest BCUT2D eigenvalue weighted by Gasteiger charge is -2.38. The van der Waals surface area contributed by atoms with E-state index in [-0.39, 0.29) is 25.3 Å². The predicted molar refractivity (Wildman–Crippen MR) is 129 cm³/mol. The molecule has 2 aromatic rings. The van der Waals surface area contributed by atoms with Gasteiger partial charge in [0.1, 0.15) is 11.9 Å². The zero-order valence-corrected chi connectivity index (χ0v) is 20.8. The molecule has 2 atom stereocenters. The van der Waals surface area contributed by atoms with E-state index in [0.29, 0.717) is 22.8 Å². The molecule has 0 saturated carbocycles. The first-order valence-corrected chi connectivity index (χ1v) is 13.2. The summed E-state index contributed by atoms with van der Waals surface area (Å²) < 4.78 is 70.8. The van der Waals surface area contributed by atoms with Gasteiger partial charge >= 0.3 is 12.1 Å². The smallest absolute Gasteiger partial charge is 0.471 e. The Morgan fingerprint density at radius 1 is 1.06 bits per heavy atom. The zero-order valence-electron chi connectivity index (χ0n) is 20.0. The van der Waals surface area contributed by atoms with Crippen molar-refractivity contribution in [2.24, 2.45) is 0 Å². The molecule has 6 nitrogen and oxygen atoms in total. The maximum absolute atomic E-state index is 13.5. The number of carbonyl (C=O) groups excluding carboxylic acids is 1. The summed E-state index contributed by atoms with van der Waals surface area (Å²) in [6, 6.07) is 15.4. The number of sulfone groups is 1. The van der Waals surface area contributed by atoms with E-state index in [1.165, 1.54) is 0 Å². The molecule has 2 unspecified atom stereocenters. The lowest BCUT2D eigenvalue weighted by atomic mass is 9.99. The Morgan fingerprint density at radius 3 is 2.31 bits per heavy atom. The van der Waals surface area contributed by atoms with Crippen LogP contribution in [0.1, 0.15) is 45.3 Å². The van der Waals surface area contributed by atoms with Crippen LogP contribution in [0.3, 0.4) is 0 Å². The second kappa shape index (κ2) is 10.5. The maximum Gasteiger partial charge on any atom is 0.471 e. The molecule has 1 amide bonds. The van der Waals surface area contributed by atoms with Crippen molar-refractivity contribution in [3.63, 3.8) is 0 Å². The Kier molecular flexibility index (Phi) is 8.03. The molecule has 192 valence electrons. The fourth-order valence-electron chi connectivity index (χ4n) is 3.90. The SMILES string of the molecule is CCC(C)(C)S(=O)(=O)CCCN(CC1Nc2ccccc2OC1c1ccccc1)C(=O)C(F)(F)F. The van der Waals surface area contributed by atoms with Gasteiger partial charge in [-0.1, -0.05) is 49.4 Å². The quantitative estimate of drug-likeness (QED) is 0.513. The van der Waals surface area contributed by atoms with E-state index in [9.17, 15) is 26.4 Å². The Morgan fingerprint density at radius 2 is 1.69 bits per heavy atom. The molecule has 0 spiro atoms. The third kappa shape index (κ3) is 6.28. The van der Waals surface area contributed by atoms with Crippen LogP contribution in [-0.4, -0.2) is 55.0 Å². The highest BCUT2D eigenvalue weighted by Crippen LogP contribution is 2.38. The van der Waals surface area contributed by atoms with Crippen LogP contribution in [0, 0.1) is 0 Å². The number of nitrogens with zero attached hydrogens (tertiary/aromatic N) is 1. The number of para-hydroxylation sites is 2. The molecule has 35 heavy (non-hydrogen) atoms. The second-order valence-electron chi connectivity index (χ2n) is 9.23. The van der Waals surface area contributed by atoms with Crippen LogP contribution in [0.5, 0.6) is 5.75 Å². The summed E-state index contributed by atoms with van der Waals surface area (Å²) in [5.74, 6) is -1.76. The van der Waals surface area contributed by atoms with Crippen molar-refractivity contribution in [1.82, 2.24) is 4.90 Å². The van der Waals surface area contributed by atoms with E-state index in [0.717, 1.165) is 5.56 Å². The molecule has 0 saturated heterocycles.